The molecule has 1 aliphatic rings. The van der Waals surface area contributed by atoms with E-state index in [4.69, 9.17) is 18.9 Å². The van der Waals surface area contributed by atoms with Crippen LogP contribution in [0.1, 0.15) is 219 Å². The fraction of sp³-hybridized carbons (Fsp3) is 0.721. The summed E-state index contributed by atoms with van der Waals surface area (Å²) in [5, 5.41) is 40.3. The van der Waals surface area contributed by atoms with E-state index in [1.807, 2.05) is 0 Å². The van der Waals surface area contributed by atoms with E-state index in [1.54, 1.807) is 0 Å². The average Bonchev–Trinajstić information content (AvgIpc) is 3.36. The molecule has 9 nitrogen and oxygen atoms in total. The molecule has 6 atom stereocenters. The zero-order valence-electron chi connectivity index (χ0n) is 44.5. The Hall–Kier alpha value is -2.89. The molecule has 6 unspecified atom stereocenters. The van der Waals surface area contributed by atoms with Crippen molar-refractivity contribution < 1.29 is 44.2 Å². The Morgan fingerprint density at radius 2 is 0.871 bits per heavy atom. The molecule has 4 N–H and O–H groups in total. The maximum absolute atomic E-state index is 12.9. The van der Waals surface area contributed by atoms with Crippen LogP contribution in [-0.2, 0) is 23.7 Å². The number of rotatable bonds is 48. The van der Waals surface area contributed by atoms with E-state index in [9.17, 15) is 25.2 Å². The Balaban J connectivity index is 2.22. The number of unbranched alkanes of at least 4 members (excludes halogenated alkanes) is 21. The van der Waals surface area contributed by atoms with Gasteiger partial charge in [0.05, 0.1) is 19.8 Å². The monoisotopic (exact) mass is 981 g/mol. The van der Waals surface area contributed by atoms with Crippen molar-refractivity contribution in [2.24, 2.45) is 0 Å². The third kappa shape index (κ3) is 40.7. The Bertz CT molecular complexity index is 1390. The van der Waals surface area contributed by atoms with Crippen molar-refractivity contribution in [3.8, 4) is 0 Å². The second kappa shape index (κ2) is 51.0. The molecule has 0 radical (unpaired) electrons. The van der Waals surface area contributed by atoms with Crippen LogP contribution >= 0.6 is 0 Å². The summed E-state index contributed by atoms with van der Waals surface area (Å²) < 4.78 is 22.9. The van der Waals surface area contributed by atoms with Gasteiger partial charge in [0, 0.05) is 13.0 Å². The lowest BCUT2D eigenvalue weighted by Crippen LogP contribution is -2.59. The molecule has 9 heteroatoms. The number of esters is 1. The van der Waals surface area contributed by atoms with Gasteiger partial charge in [0.2, 0.25) is 0 Å². The second-order valence-electron chi connectivity index (χ2n) is 19.0. The van der Waals surface area contributed by atoms with Crippen LogP contribution in [0.2, 0.25) is 0 Å². The minimum absolute atomic E-state index is 0.109. The maximum Gasteiger partial charge on any atom is 0.306 e. The van der Waals surface area contributed by atoms with Crippen molar-refractivity contribution in [2.75, 3.05) is 26.4 Å². The van der Waals surface area contributed by atoms with E-state index < -0.39 is 43.4 Å². The lowest BCUT2D eigenvalue weighted by molar-refractivity contribution is -0.305. The highest BCUT2D eigenvalue weighted by Crippen LogP contribution is 2.23. The van der Waals surface area contributed by atoms with Crippen LogP contribution in [0.15, 0.2) is 97.2 Å². The lowest BCUT2D eigenvalue weighted by atomic mass is 9.99. The van der Waals surface area contributed by atoms with Crippen molar-refractivity contribution in [3.63, 3.8) is 0 Å². The van der Waals surface area contributed by atoms with Gasteiger partial charge in [0.25, 0.3) is 0 Å². The first-order valence-corrected chi connectivity index (χ1v) is 28.3. The molecule has 402 valence electrons. The van der Waals surface area contributed by atoms with Crippen LogP contribution in [0, 0.1) is 0 Å². The SMILES string of the molecule is CC/C=C\C/C=C\C/C=C\C/C=C\C/C=C\C/C=C\C/C=C\CCCCOCC(COC1OC(CO)C(O)C(O)C1O)OC(=O)CCCCCCCCCCCCC/C=C\CCCCCCCCCC. The van der Waals surface area contributed by atoms with Crippen LogP contribution in [0.4, 0.5) is 0 Å². The molecule has 0 spiro atoms. The summed E-state index contributed by atoms with van der Waals surface area (Å²) in [7, 11) is 0. The quantitative estimate of drug-likeness (QED) is 0.0267. The number of ether oxygens (including phenoxy) is 4. The first-order valence-electron chi connectivity index (χ1n) is 28.3. The van der Waals surface area contributed by atoms with E-state index >= 15 is 0 Å². The number of aliphatic hydroxyl groups is 4. The van der Waals surface area contributed by atoms with Gasteiger partial charge < -0.3 is 39.4 Å². The molecule has 0 aromatic carbocycles. The molecule has 0 aromatic rings. The fourth-order valence-electron chi connectivity index (χ4n) is 8.11. The largest absolute Gasteiger partial charge is 0.457 e. The Morgan fingerprint density at radius 1 is 0.471 bits per heavy atom. The zero-order valence-corrected chi connectivity index (χ0v) is 44.5. The van der Waals surface area contributed by atoms with Crippen LogP contribution in [0.5, 0.6) is 0 Å². The van der Waals surface area contributed by atoms with Crippen LogP contribution in [0.3, 0.4) is 0 Å². The number of carbonyl (C=O) groups excluding carboxylic acids is 1. The molecule has 70 heavy (non-hydrogen) atoms. The number of carbonyl (C=O) groups is 1. The molecule has 0 aliphatic carbocycles. The highest BCUT2D eigenvalue weighted by Gasteiger charge is 2.44. The maximum atomic E-state index is 12.9. The summed E-state index contributed by atoms with van der Waals surface area (Å²) in [4.78, 5) is 12.9. The molecule has 1 aliphatic heterocycles. The van der Waals surface area contributed by atoms with Crippen molar-refractivity contribution in [2.45, 2.75) is 256 Å². The molecule has 1 rings (SSSR count). The first kappa shape index (κ1) is 65.1. The van der Waals surface area contributed by atoms with E-state index in [2.05, 4.69) is 111 Å². The Kier molecular flexibility index (Phi) is 47.5. The summed E-state index contributed by atoms with van der Waals surface area (Å²) in [5.41, 5.74) is 0. The molecule has 0 aromatic heterocycles. The summed E-state index contributed by atoms with van der Waals surface area (Å²) >= 11 is 0. The van der Waals surface area contributed by atoms with Gasteiger partial charge >= 0.3 is 5.97 Å². The predicted octanol–water partition coefficient (Wildman–Crippen LogP) is 14.7. The molecule has 0 saturated carbocycles. The summed E-state index contributed by atoms with van der Waals surface area (Å²) in [6.45, 7) is 4.34. The van der Waals surface area contributed by atoms with Crippen molar-refractivity contribution in [3.05, 3.63) is 97.2 Å². The van der Waals surface area contributed by atoms with Gasteiger partial charge in [-0.1, -0.05) is 214 Å². The fourth-order valence-corrected chi connectivity index (χ4v) is 8.11. The Morgan fingerprint density at radius 3 is 1.33 bits per heavy atom. The van der Waals surface area contributed by atoms with Gasteiger partial charge in [-0.25, -0.2) is 0 Å². The minimum atomic E-state index is -1.55. The van der Waals surface area contributed by atoms with Gasteiger partial charge in [0.1, 0.15) is 30.5 Å². The summed E-state index contributed by atoms with van der Waals surface area (Å²) in [6, 6.07) is 0. The summed E-state index contributed by atoms with van der Waals surface area (Å²) in [5.74, 6) is -0.331. The molecular weight excluding hydrogens is 877 g/mol. The third-order valence-corrected chi connectivity index (χ3v) is 12.5. The Labute approximate surface area is 428 Å². The highest BCUT2D eigenvalue weighted by molar-refractivity contribution is 5.69. The van der Waals surface area contributed by atoms with Crippen LogP contribution < -0.4 is 0 Å². The smallest absolute Gasteiger partial charge is 0.306 e. The predicted molar refractivity (Wildman–Crippen MR) is 293 cm³/mol. The number of hydrogen-bond donors (Lipinski definition) is 4. The zero-order chi connectivity index (χ0) is 50.6. The lowest BCUT2D eigenvalue weighted by Gasteiger charge is -2.39. The molecular formula is C61H104O9. The highest BCUT2D eigenvalue weighted by atomic mass is 16.7. The van der Waals surface area contributed by atoms with E-state index in [-0.39, 0.29) is 19.2 Å². The molecule has 0 bridgehead atoms. The summed E-state index contributed by atoms with van der Waals surface area (Å²) in [6.07, 6.45) is 64.5. The molecule has 1 fully saturated rings. The van der Waals surface area contributed by atoms with Crippen LogP contribution in [-0.4, -0.2) is 89.6 Å². The van der Waals surface area contributed by atoms with Crippen molar-refractivity contribution in [1.82, 2.24) is 0 Å². The van der Waals surface area contributed by atoms with Gasteiger partial charge in [0.15, 0.2) is 6.29 Å². The third-order valence-electron chi connectivity index (χ3n) is 12.5. The molecule has 0 amide bonds. The van der Waals surface area contributed by atoms with Gasteiger partial charge in [-0.2, -0.15) is 0 Å². The van der Waals surface area contributed by atoms with Crippen molar-refractivity contribution in [1.29, 1.82) is 0 Å². The molecule has 1 saturated heterocycles. The van der Waals surface area contributed by atoms with E-state index in [0.717, 1.165) is 83.5 Å². The number of hydrogen-bond acceptors (Lipinski definition) is 9. The minimum Gasteiger partial charge on any atom is -0.457 e. The molecule has 1 heterocycles. The normalized spacial score (nSPS) is 19.7. The van der Waals surface area contributed by atoms with E-state index in [0.29, 0.717) is 13.0 Å². The topological polar surface area (TPSA) is 135 Å². The average molecular weight is 981 g/mol. The van der Waals surface area contributed by atoms with Gasteiger partial charge in [-0.05, 0) is 96.3 Å². The van der Waals surface area contributed by atoms with Gasteiger partial charge in [-0.3, -0.25) is 4.79 Å². The number of allylic oxidation sites excluding steroid dienone is 16. The van der Waals surface area contributed by atoms with Gasteiger partial charge in [-0.15, -0.1) is 0 Å². The second-order valence-corrected chi connectivity index (χ2v) is 19.0. The van der Waals surface area contributed by atoms with Crippen LogP contribution in [0.25, 0.3) is 0 Å². The first-order chi connectivity index (χ1) is 34.4. The standard InChI is InChI=1S/C61H104O9/c1-3-5-7-9-11-13-15-17-19-21-23-25-27-29-31-33-35-37-39-41-43-45-47-49-51-67-53-55(54-68-61-60(66)59(65)58(64)56(52-62)70-61)69-57(63)50-48-46-44-42-40-38-36-34-32-30-28-26-24-22-20-18-16-14-12-10-8-6-4-2/h5,7,11,13,17,19,22-25,29,31,35,37,41,43,55-56,58-62,64-66H,3-4,6,8-10,12,14-16,18,20-21,26-28,30,32-34,36,38-40,42,44-54H2,1-2H3/b7-5-,13-11-,19-17-,24-22-,25-23-,31-29-,37-35-,43-41-. The van der Waals surface area contributed by atoms with E-state index in [1.165, 1.54) is 116 Å². The number of aliphatic hydroxyl groups excluding tert-OH is 4. The van der Waals surface area contributed by atoms with Crippen molar-refractivity contribution >= 4 is 5.97 Å².